The number of methoxy groups -OCH3 is 1. The number of piperidine rings is 1. The van der Waals surface area contributed by atoms with Crippen LogP contribution in [0.4, 0.5) is 0 Å². The third kappa shape index (κ3) is 4.11. The minimum Gasteiger partial charge on any atom is -0.497 e. The summed E-state index contributed by atoms with van der Waals surface area (Å²) in [4.78, 5) is 28.0. The van der Waals surface area contributed by atoms with Crippen LogP contribution in [-0.2, 0) is 16.1 Å². The Hall–Kier alpha value is -2.12. The Kier molecular flexibility index (Phi) is 5.24. The van der Waals surface area contributed by atoms with E-state index in [0.717, 1.165) is 17.7 Å². The van der Waals surface area contributed by atoms with E-state index in [-0.39, 0.29) is 24.9 Å². The molecule has 0 aromatic heterocycles. The van der Waals surface area contributed by atoms with E-state index in [1.165, 1.54) is 0 Å². The molecule has 25 heavy (non-hydrogen) atoms. The zero-order chi connectivity index (χ0) is 17.9. The number of β-amino-alcohol motifs (C(OH)–C–C–N with tert-alkyl or cyclic N) is 1. The Balaban J connectivity index is 1.68. The molecule has 136 valence electrons. The lowest BCUT2D eigenvalue weighted by molar-refractivity contribution is -0.161. The first-order valence-electron chi connectivity index (χ1n) is 8.64. The van der Waals surface area contributed by atoms with Crippen molar-refractivity contribution < 1.29 is 19.4 Å². The maximum Gasteiger partial charge on any atom is 0.256 e. The molecule has 1 aromatic rings. The van der Waals surface area contributed by atoms with Crippen LogP contribution in [-0.4, -0.2) is 72.2 Å². The molecule has 0 spiro atoms. The maximum absolute atomic E-state index is 12.9. The quantitative estimate of drug-likeness (QED) is 0.782. The van der Waals surface area contributed by atoms with Crippen molar-refractivity contribution in [3.05, 3.63) is 29.8 Å². The van der Waals surface area contributed by atoms with Gasteiger partial charge in [-0.25, -0.2) is 0 Å². The molecule has 2 saturated heterocycles. The molecule has 0 bridgehead atoms. The minimum atomic E-state index is -1.42. The van der Waals surface area contributed by atoms with Crippen LogP contribution in [0.2, 0.25) is 0 Å². The van der Waals surface area contributed by atoms with Crippen molar-refractivity contribution in [2.24, 2.45) is 0 Å². The molecule has 1 aromatic carbocycles. The fourth-order valence-corrected chi connectivity index (χ4v) is 3.55. The van der Waals surface area contributed by atoms with Gasteiger partial charge in [-0.2, -0.15) is 0 Å². The molecule has 2 amide bonds. The van der Waals surface area contributed by atoms with Crippen LogP contribution in [0.25, 0.3) is 0 Å². The number of carbonyl (C=O) groups excluding carboxylic acids is 2. The first kappa shape index (κ1) is 17.7. The lowest BCUT2D eigenvalue weighted by Gasteiger charge is -2.41. The van der Waals surface area contributed by atoms with Gasteiger partial charge in [-0.1, -0.05) is 12.1 Å². The molecule has 2 N–H and O–H groups in total. The second-order valence-electron chi connectivity index (χ2n) is 6.77. The van der Waals surface area contributed by atoms with Crippen LogP contribution in [0.5, 0.6) is 5.75 Å². The second-order valence-corrected chi connectivity index (χ2v) is 6.77. The van der Waals surface area contributed by atoms with E-state index in [1.807, 2.05) is 29.2 Å². The molecular weight excluding hydrogens is 322 g/mol. The third-order valence-electron chi connectivity index (χ3n) is 4.81. The van der Waals surface area contributed by atoms with Gasteiger partial charge in [0.2, 0.25) is 5.91 Å². The van der Waals surface area contributed by atoms with Crippen molar-refractivity contribution in [2.45, 2.75) is 25.0 Å². The zero-order valence-electron chi connectivity index (χ0n) is 14.5. The van der Waals surface area contributed by atoms with E-state index in [1.54, 1.807) is 12.0 Å². The van der Waals surface area contributed by atoms with Crippen LogP contribution in [0.15, 0.2) is 24.3 Å². The van der Waals surface area contributed by atoms with Gasteiger partial charge in [0.1, 0.15) is 5.75 Å². The van der Waals surface area contributed by atoms with Gasteiger partial charge in [0, 0.05) is 32.7 Å². The average molecular weight is 347 g/mol. The molecule has 0 radical (unpaired) electrons. The smallest absolute Gasteiger partial charge is 0.256 e. The molecule has 2 aliphatic rings. The Morgan fingerprint density at radius 1 is 1.32 bits per heavy atom. The molecule has 2 aliphatic heterocycles. The normalized spacial score (nSPS) is 25.0. The number of hydrogen-bond donors (Lipinski definition) is 2. The van der Waals surface area contributed by atoms with Crippen molar-refractivity contribution in [2.75, 3.05) is 39.8 Å². The number of hydrogen-bond acceptors (Lipinski definition) is 5. The van der Waals surface area contributed by atoms with Gasteiger partial charge in [0.15, 0.2) is 5.60 Å². The van der Waals surface area contributed by atoms with E-state index in [0.29, 0.717) is 32.6 Å². The maximum atomic E-state index is 12.9. The minimum absolute atomic E-state index is 0.0636. The number of nitrogens with one attached hydrogen (secondary N) is 1. The summed E-state index contributed by atoms with van der Waals surface area (Å²) >= 11 is 0. The van der Waals surface area contributed by atoms with Crippen molar-refractivity contribution in [1.29, 1.82) is 0 Å². The fourth-order valence-electron chi connectivity index (χ4n) is 3.55. The number of carbonyl (C=O) groups is 2. The summed E-state index contributed by atoms with van der Waals surface area (Å²) in [6, 6.07) is 7.59. The molecule has 1 atom stereocenters. The molecule has 0 aliphatic carbocycles. The largest absolute Gasteiger partial charge is 0.497 e. The molecule has 7 nitrogen and oxygen atoms in total. The summed E-state index contributed by atoms with van der Waals surface area (Å²) < 4.78 is 5.23. The van der Waals surface area contributed by atoms with Crippen LogP contribution in [0, 0.1) is 0 Å². The lowest BCUT2D eigenvalue weighted by atomic mass is 9.90. The number of likely N-dealkylation sites (tertiary alicyclic amines) is 1. The molecule has 7 heteroatoms. The van der Waals surface area contributed by atoms with Crippen LogP contribution >= 0.6 is 0 Å². The van der Waals surface area contributed by atoms with E-state index in [4.69, 9.17) is 4.74 Å². The van der Waals surface area contributed by atoms with E-state index in [2.05, 4.69) is 5.32 Å². The van der Waals surface area contributed by atoms with Crippen LogP contribution in [0.1, 0.15) is 18.4 Å². The van der Waals surface area contributed by atoms with Crippen molar-refractivity contribution >= 4 is 11.8 Å². The molecular formula is C18H25N3O4. The van der Waals surface area contributed by atoms with Gasteiger partial charge in [-0.05, 0) is 30.5 Å². The van der Waals surface area contributed by atoms with Gasteiger partial charge in [0.05, 0.1) is 13.7 Å². The summed E-state index contributed by atoms with van der Waals surface area (Å²) in [5, 5.41) is 13.7. The highest BCUT2D eigenvalue weighted by Gasteiger charge is 2.43. The predicted molar refractivity (Wildman–Crippen MR) is 92.0 cm³/mol. The van der Waals surface area contributed by atoms with E-state index < -0.39 is 5.60 Å². The second kappa shape index (κ2) is 7.41. The molecule has 0 unspecified atom stereocenters. The summed E-state index contributed by atoms with van der Waals surface area (Å²) in [5.41, 5.74) is -0.455. The van der Waals surface area contributed by atoms with Crippen molar-refractivity contribution in [3.63, 3.8) is 0 Å². The summed E-state index contributed by atoms with van der Waals surface area (Å²) in [6.07, 6.45) is 1.17. The van der Waals surface area contributed by atoms with E-state index >= 15 is 0 Å². The van der Waals surface area contributed by atoms with E-state index in [9.17, 15) is 14.7 Å². The highest BCUT2D eigenvalue weighted by molar-refractivity contribution is 5.86. The molecule has 2 heterocycles. The number of aliphatic hydroxyl groups is 1. The number of rotatable bonds is 5. The number of ether oxygens (including phenoxy) is 1. The number of amides is 2. The monoisotopic (exact) mass is 347 g/mol. The van der Waals surface area contributed by atoms with Crippen LogP contribution in [0.3, 0.4) is 0 Å². The van der Waals surface area contributed by atoms with Crippen molar-refractivity contribution in [3.8, 4) is 5.75 Å². The molecule has 0 saturated carbocycles. The highest BCUT2D eigenvalue weighted by Crippen LogP contribution is 2.26. The first-order valence-corrected chi connectivity index (χ1v) is 8.64. The highest BCUT2D eigenvalue weighted by atomic mass is 16.5. The Bertz CT molecular complexity index is 651. The topological polar surface area (TPSA) is 82.1 Å². The molecule has 3 rings (SSSR count). The molecule has 2 fully saturated rings. The van der Waals surface area contributed by atoms with Gasteiger partial charge < -0.3 is 20.1 Å². The summed E-state index contributed by atoms with van der Waals surface area (Å²) in [7, 11) is 1.61. The summed E-state index contributed by atoms with van der Waals surface area (Å²) in [6.45, 7) is 2.70. The predicted octanol–water partition coefficient (Wildman–Crippen LogP) is -0.0195. The summed E-state index contributed by atoms with van der Waals surface area (Å²) in [5.74, 6) is 0.426. The average Bonchev–Trinajstić information content (AvgIpc) is 2.59. The van der Waals surface area contributed by atoms with Gasteiger partial charge in [-0.15, -0.1) is 0 Å². The Labute approximate surface area is 147 Å². The lowest BCUT2D eigenvalue weighted by Crippen LogP contribution is -2.60. The zero-order valence-corrected chi connectivity index (χ0v) is 14.5. The standard InChI is InChI=1S/C18H25N3O4/c1-25-15-5-2-4-14(10-15)11-21-8-3-6-18(24,17(21)23)13-20-9-7-19-16(22)12-20/h2,4-5,10,24H,3,6-9,11-13H2,1H3,(H,19,22)/t18-/m0/s1. The first-order chi connectivity index (χ1) is 12.0. The van der Waals surface area contributed by atoms with Gasteiger partial charge >= 0.3 is 0 Å². The fraction of sp³-hybridized carbons (Fsp3) is 0.556. The Morgan fingerprint density at radius 2 is 2.16 bits per heavy atom. The number of piperazine rings is 1. The van der Waals surface area contributed by atoms with Gasteiger partial charge in [0.25, 0.3) is 5.91 Å². The number of nitrogens with zero attached hydrogens (tertiary/aromatic N) is 2. The van der Waals surface area contributed by atoms with Gasteiger partial charge in [-0.3, -0.25) is 14.5 Å². The number of benzene rings is 1. The van der Waals surface area contributed by atoms with Crippen LogP contribution < -0.4 is 10.1 Å². The van der Waals surface area contributed by atoms with Crippen molar-refractivity contribution in [1.82, 2.24) is 15.1 Å². The Morgan fingerprint density at radius 3 is 2.92 bits per heavy atom. The SMILES string of the molecule is COc1cccc(CN2CCC[C@](O)(CN3CCNC(=O)C3)C2=O)c1. The third-order valence-corrected chi connectivity index (χ3v) is 4.81.